The summed E-state index contributed by atoms with van der Waals surface area (Å²) in [7, 11) is 1.65. The lowest BCUT2D eigenvalue weighted by atomic mass is 10.1. The first-order valence-electron chi connectivity index (χ1n) is 12.7. The molecule has 1 N–H and O–H groups in total. The second-order valence-corrected chi connectivity index (χ2v) is 9.06. The SMILES string of the molecule is COc1ccc(OCCCn2c(CCCNC(=O)COc3cc(C)ccc3C)nc3ccccc32)cc1. The molecule has 0 aliphatic heterocycles. The van der Waals surface area contributed by atoms with Crippen LogP contribution in [0.2, 0.25) is 0 Å². The molecule has 0 fully saturated rings. The Morgan fingerprint density at radius 3 is 2.54 bits per heavy atom. The number of aryl methyl sites for hydroxylation is 4. The van der Waals surface area contributed by atoms with Crippen LogP contribution in [-0.4, -0.2) is 42.3 Å². The van der Waals surface area contributed by atoms with E-state index >= 15 is 0 Å². The summed E-state index contributed by atoms with van der Waals surface area (Å²) in [6.07, 6.45) is 2.42. The minimum atomic E-state index is -0.120. The van der Waals surface area contributed by atoms with E-state index < -0.39 is 0 Å². The van der Waals surface area contributed by atoms with Crippen molar-refractivity contribution in [1.82, 2.24) is 14.9 Å². The first kappa shape index (κ1) is 26.1. The molecule has 7 heteroatoms. The fourth-order valence-electron chi connectivity index (χ4n) is 4.18. The zero-order valence-electron chi connectivity index (χ0n) is 21.8. The quantitative estimate of drug-likeness (QED) is 0.253. The zero-order chi connectivity index (χ0) is 26.0. The van der Waals surface area contributed by atoms with Gasteiger partial charge in [0.1, 0.15) is 23.1 Å². The second kappa shape index (κ2) is 12.8. The number of benzene rings is 3. The molecule has 0 aliphatic carbocycles. The summed E-state index contributed by atoms with van der Waals surface area (Å²) in [4.78, 5) is 17.1. The average Bonchev–Trinajstić information content (AvgIpc) is 3.27. The van der Waals surface area contributed by atoms with Crippen molar-refractivity contribution < 1.29 is 19.0 Å². The topological polar surface area (TPSA) is 74.6 Å². The molecule has 4 rings (SSSR count). The van der Waals surface area contributed by atoms with Gasteiger partial charge < -0.3 is 24.1 Å². The number of methoxy groups -OCH3 is 1. The number of carbonyl (C=O) groups excluding carboxylic acids is 1. The molecule has 3 aromatic carbocycles. The number of aromatic nitrogens is 2. The smallest absolute Gasteiger partial charge is 0.257 e. The average molecular weight is 502 g/mol. The Labute approximate surface area is 218 Å². The Bertz CT molecular complexity index is 1310. The van der Waals surface area contributed by atoms with Gasteiger partial charge in [-0.2, -0.15) is 0 Å². The molecule has 0 aliphatic rings. The molecule has 1 aromatic heterocycles. The number of hydrogen-bond donors (Lipinski definition) is 1. The first-order chi connectivity index (χ1) is 18.0. The maximum Gasteiger partial charge on any atom is 0.257 e. The molecule has 0 saturated carbocycles. The Balaban J connectivity index is 1.25. The molecule has 0 unspecified atom stereocenters. The van der Waals surface area contributed by atoms with Crippen LogP contribution in [0.15, 0.2) is 66.7 Å². The van der Waals surface area contributed by atoms with Crippen LogP contribution in [0.4, 0.5) is 0 Å². The Hall–Kier alpha value is -4.00. The lowest BCUT2D eigenvalue weighted by Gasteiger charge is -2.12. The largest absolute Gasteiger partial charge is 0.497 e. The van der Waals surface area contributed by atoms with E-state index in [1.165, 1.54) is 0 Å². The highest BCUT2D eigenvalue weighted by molar-refractivity contribution is 5.77. The highest BCUT2D eigenvalue weighted by atomic mass is 16.5. The molecule has 0 spiro atoms. The summed E-state index contributed by atoms with van der Waals surface area (Å²) in [6.45, 7) is 5.98. The predicted octanol–water partition coefficient (Wildman–Crippen LogP) is 5.26. The van der Waals surface area contributed by atoms with Crippen molar-refractivity contribution in [3.8, 4) is 17.2 Å². The Morgan fingerprint density at radius 2 is 1.73 bits per heavy atom. The van der Waals surface area contributed by atoms with Gasteiger partial charge in [-0.15, -0.1) is 0 Å². The number of fused-ring (bicyclic) bond motifs is 1. The van der Waals surface area contributed by atoms with Gasteiger partial charge in [0, 0.05) is 19.5 Å². The molecular formula is C30H35N3O4. The van der Waals surface area contributed by atoms with E-state index in [2.05, 4.69) is 16.0 Å². The van der Waals surface area contributed by atoms with Gasteiger partial charge in [0.15, 0.2) is 6.61 Å². The number of rotatable bonds is 13. The fourth-order valence-corrected chi connectivity index (χ4v) is 4.18. The minimum absolute atomic E-state index is 0.0109. The molecule has 0 bridgehead atoms. The van der Waals surface area contributed by atoms with E-state index in [0.29, 0.717) is 13.2 Å². The van der Waals surface area contributed by atoms with Crippen LogP contribution in [0.25, 0.3) is 11.0 Å². The fraction of sp³-hybridized carbons (Fsp3) is 0.333. The molecule has 0 radical (unpaired) electrons. The monoisotopic (exact) mass is 501 g/mol. The highest BCUT2D eigenvalue weighted by Gasteiger charge is 2.11. The molecule has 7 nitrogen and oxygen atoms in total. The molecule has 1 amide bonds. The summed E-state index contributed by atoms with van der Waals surface area (Å²) in [5.41, 5.74) is 4.23. The van der Waals surface area contributed by atoms with Crippen LogP contribution in [0.1, 0.15) is 29.8 Å². The third-order valence-corrected chi connectivity index (χ3v) is 6.19. The van der Waals surface area contributed by atoms with Gasteiger partial charge in [-0.3, -0.25) is 4.79 Å². The van der Waals surface area contributed by atoms with Gasteiger partial charge in [0.25, 0.3) is 5.91 Å². The number of carbonyl (C=O) groups is 1. The van der Waals surface area contributed by atoms with Gasteiger partial charge in [0.05, 0.1) is 24.8 Å². The number of amides is 1. The third-order valence-electron chi connectivity index (χ3n) is 6.19. The van der Waals surface area contributed by atoms with E-state index in [4.69, 9.17) is 19.2 Å². The number of nitrogens with one attached hydrogen (secondary N) is 1. The number of para-hydroxylation sites is 2. The van der Waals surface area contributed by atoms with Crippen molar-refractivity contribution in [3.63, 3.8) is 0 Å². The van der Waals surface area contributed by atoms with Gasteiger partial charge >= 0.3 is 0 Å². The van der Waals surface area contributed by atoms with Crippen molar-refractivity contribution in [2.75, 3.05) is 26.9 Å². The van der Waals surface area contributed by atoms with Crippen LogP contribution < -0.4 is 19.5 Å². The van der Waals surface area contributed by atoms with Crippen LogP contribution >= 0.6 is 0 Å². The van der Waals surface area contributed by atoms with Crippen molar-refractivity contribution in [2.24, 2.45) is 0 Å². The van der Waals surface area contributed by atoms with Crippen molar-refractivity contribution in [3.05, 3.63) is 83.7 Å². The van der Waals surface area contributed by atoms with Crippen molar-refractivity contribution in [1.29, 1.82) is 0 Å². The summed E-state index contributed by atoms with van der Waals surface area (Å²) < 4.78 is 19.1. The lowest BCUT2D eigenvalue weighted by Crippen LogP contribution is -2.30. The van der Waals surface area contributed by atoms with Crippen molar-refractivity contribution in [2.45, 2.75) is 39.7 Å². The molecular weight excluding hydrogens is 466 g/mol. The van der Waals surface area contributed by atoms with E-state index in [9.17, 15) is 4.79 Å². The predicted molar refractivity (Wildman–Crippen MR) is 146 cm³/mol. The number of ether oxygens (including phenoxy) is 3. The van der Waals surface area contributed by atoms with Gasteiger partial charge in [-0.1, -0.05) is 24.3 Å². The zero-order valence-corrected chi connectivity index (χ0v) is 21.8. The number of nitrogens with zero attached hydrogens (tertiary/aromatic N) is 2. The number of imidazole rings is 1. The normalized spacial score (nSPS) is 10.9. The molecule has 1 heterocycles. The van der Waals surface area contributed by atoms with E-state index in [0.717, 1.165) is 71.0 Å². The Morgan fingerprint density at radius 1 is 0.946 bits per heavy atom. The molecule has 0 atom stereocenters. The first-order valence-corrected chi connectivity index (χ1v) is 12.7. The van der Waals surface area contributed by atoms with E-state index in [1.54, 1.807) is 7.11 Å². The van der Waals surface area contributed by atoms with Crippen LogP contribution in [0, 0.1) is 13.8 Å². The van der Waals surface area contributed by atoms with Gasteiger partial charge in [0.2, 0.25) is 0 Å². The number of hydrogen-bond acceptors (Lipinski definition) is 5. The van der Waals surface area contributed by atoms with Crippen LogP contribution in [0.3, 0.4) is 0 Å². The second-order valence-electron chi connectivity index (χ2n) is 9.06. The lowest BCUT2D eigenvalue weighted by molar-refractivity contribution is -0.123. The summed E-state index contributed by atoms with van der Waals surface area (Å²) >= 11 is 0. The maximum atomic E-state index is 12.3. The molecule has 4 aromatic rings. The molecule has 0 saturated heterocycles. The minimum Gasteiger partial charge on any atom is -0.497 e. The third kappa shape index (κ3) is 7.26. The van der Waals surface area contributed by atoms with Crippen LogP contribution in [0.5, 0.6) is 17.2 Å². The van der Waals surface area contributed by atoms with Gasteiger partial charge in [-0.25, -0.2) is 4.98 Å². The molecule has 37 heavy (non-hydrogen) atoms. The standard InChI is InChI=1S/C30H35N3O4/c1-22-11-12-23(2)28(20-22)37-21-30(34)31-17-6-10-29-32-26-8-4-5-9-27(26)33(29)18-7-19-36-25-15-13-24(35-3)14-16-25/h4-5,8-9,11-16,20H,6-7,10,17-19,21H2,1-3H3,(H,31,34). The van der Waals surface area contributed by atoms with Crippen LogP contribution in [-0.2, 0) is 17.8 Å². The molecule has 194 valence electrons. The summed E-state index contributed by atoms with van der Waals surface area (Å²) in [6, 6.07) is 21.8. The van der Waals surface area contributed by atoms with Crippen molar-refractivity contribution >= 4 is 16.9 Å². The maximum absolute atomic E-state index is 12.3. The van der Waals surface area contributed by atoms with Gasteiger partial charge in [-0.05, 0) is 80.3 Å². The summed E-state index contributed by atoms with van der Waals surface area (Å²) in [5, 5.41) is 2.96. The Kier molecular flexibility index (Phi) is 9.03. The highest BCUT2D eigenvalue weighted by Crippen LogP contribution is 2.20. The van der Waals surface area contributed by atoms with E-state index in [1.807, 2.05) is 74.5 Å². The summed E-state index contributed by atoms with van der Waals surface area (Å²) in [5.74, 6) is 3.29. The van der Waals surface area contributed by atoms with E-state index in [-0.39, 0.29) is 12.5 Å².